The van der Waals surface area contributed by atoms with Crippen molar-refractivity contribution in [3.8, 4) is 0 Å². The highest BCUT2D eigenvalue weighted by Crippen LogP contribution is 2.29. The van der Waals surface area contributed by atoms with Crippen LogP contribution in [0.1, 0.15) is 16.1 Å². The van der Waals surface area contributed by atoms with Gasteiger partial charge in [-0.25, -0.2) is 4.98 Å². The van der Waals surface area contributed by atoms with Gasteiger partial charge in [-0.15, -0.1) is 11.3 Å². The van der Waals surface area contributed by atoms with Crippen molar-refractivity contribution >= 4 is 11.3 Å². The molecule has 0 aliphatic heterocycles. The van der Waals surface area contributed by atoms with Gasteiger partial charge in [-0.1, -0.05) is 24.3 Å². The van der Waals surface area contributed by atoms with Crippen molar-refractivity contribution in [3.05, 3.63) is 52.0 Å². The van der Waals surface area contributed by atoms with Crippen LogP contribution < -0.4 is 5.32 Å². The normalized spacial score (nSPS) is 16.7. The van der Waals surface area contributed by atoms with Crippen molar-refractivity contribution in [1.82, 2.24) is 10.3 Å². The van der Waals surface area contributed by atoms with Crippen molar-refractivity contribution in [1.29, 1.82) is 0 Å². The molecule has 0 fully saturated rings. The van der Waals surface area contributed by atoms with Crippen LogP contribution in [0.2, 0.25) is 0 Å². The third kappa shape index (κ3) is 2.33. The van der Waals surface area contributed by atoms with E-state index >= 15 is 0 Å². The Hall–Kier alpha value is -1.19. The molecule has 1 aliphatic carbocycles. The summed E-state index contributed by atoms with van der Waals surface area (Å²) in [7, 11) is 2.07. The number of rotatable bonds is 4. The molecule has 0 radical (unpaired) electrons. The molecular weight excluding hydrogens is 240 g/mol. The Bertz CT molecular complexity index is 479. The van der Waals surface area contributed by atoms with Crippen LogP contribution in [-0.4, -0.2) is 18.1 Å². The molecule has 1 aromatic heterocycles. The predicted octanol–water partition coefficient (Wildman–Crippen LogP) is 2.69. The van der Waals surface area contributed by atoms with Gasteiger partial charge in [-0.3, -0.25) is 0 Å². The summed E-state index contributed by atoms with van der Waals surface area (Å²) in [6.45, 7) is 0. The van der Waals surface area contributed by atoms with E-state index < -0.39 is 0 Å². The molecule has 0 saturated carbocycles. The number of aromatic nitrogens is 1. The van der Waals surface area contributed by atoms with Crippen LogP contribution >= 0.6 is 11.3 Å². The van der Waals surface area contributed by atoms with E-state index in [1.807, 2.05) is 6.20 Å². The van der Waals surface area contributed by atoms with Gasteiger partial charge in [0.15, 0.2) is 0 Å². The molecule has 1 aliphatic rings. The maximum Gasteiger partial charge on any atom is 0.0940 e. The molecule has 1 atom stereocenters. The third-order valence-electron chi connectivity index (χ3n) is 3.90. The van der Waals surface area contributed by atoms with Crippen molar-refractivity contribution in [2.24, 2.45) is 5.92 Å². The van der Waals surface area contributed by atoms with Gasteiger partial charge in [-0.2, -0.15) is 0 Å². The Morgan fingerprint density at radius 2 is 2.06 bits per heavy atom. The fraction of sp³-hybridized carbons (Fsp3) is 0.400. The van der Waals surface area contributed by atoms with Gasteiger partial charge in [0.1, 0.15) is 0 Å². The zero-order valence-corrected chi connectivity index (χ0v) is 11.4. The summed E-state index contributed by atoms with van der Waals surface area (Å²) in [6, 6.07) is 9.37. The second-order valence-corrected chi connectivity index (χ2v) is 5.94. The second kappa shape index (κ2) is 5.21. The Labute approximate surface area is 112 Å². The lowest BCUT2D eigenvalue weighted by Gasteiger charge is -2.21. The molecule has 3 heteroatoms. The number of hydrogen-bond donors (Lipinski definition) is 1. The summed E-state index contributed by atoms with van der Waals surface area (Å²) >= 11 is 1.76. The number of hydrogen-bond acceptors (Lipinski definition) is 3. The number of benzene rings is 1. The molecular formula is C15H18N2S. The molecule has 2 aromatic rings. The van der Waals surface area contributed by atoms with Gasteiger partial charge in [0, 0.05) is 24.0 Å². The third-order valence-corrected chi connectivity index (χ3v) is 4.70. The van der Waals surface area contributed by atoms with Gasteiger partial charge in [0.05, 0.1) is 5.01 Å². The van der Waals surface area contributed by atoms with Crippen LogP contribution in [0.4, 0.5) is 0 Å². The van der Waals surface area contributed by atoms with E-state index in [2.05, 4.69) is 47.0 Å². The van der Waals surface area contributed by atoms with E-state index in [1.165, 1.54) is 29.0 Å². The molecule has 94 valence electrons. The second-order valence-electron chi connectivity index (χ2n) is 4.96. The SMILES string of the molecule is CNC(Cc1nccs1)C1Cc2ccccc2C1. The molecule has 0 saturated heterocycles. The van der Waals surface area contributed by atoms with Crippen molar-refractivity contribution in [2.45, 2.75) is 25.3 Å². The first-order chi connectivity index (χ1) is 8.86. The fourth-order valence-electron chi connectivity index (χ4n) is 2.92. The lowest BCUT2D eigenvalue weighted by atomic mass is 9.94. The number of likely N-dealkylation sites (N-methyl/N-ethyl adjacent to an activating group) is 1. The highest BCUT2D eigenvalue weighted by atomic mass is 32.1. The molecule has 0 spiro atoms. The topological polar surface area (TPSA) is 24.9 Å². The highest BCUT2D eigenvalue weighted by Gasteiger charge is 2.28. The Morgan fingerprint density at radius 3 is 2.61 bits per heavy atom. The molecule has 3 rings (SSSR count). The van der Waals surface area contributed by atoms with Gasteiger partial charge in [0.25, 0.3) is 0 Å². The highest BCUT2D eigenvalue weighted by molar-refractivity contribution is 7.09. The number of fused-ring (bicyclic) bond motifs is 1. The molecule has 0 bridgehead atoms. The van der Waals surface area contributed by atoms with Crippen molar-refractivity contribution in [3.63, 3.8) is 0 Å². The minimum atomic E-state index is 0.531. The first kappa shape index (κ1) is 11.9. The fourth-order valence-corrected chi connectivity index (χ4v) is 3.60. The van der Waals surface area contributed by atoms with E-state index in [4.69, 9.17) is 0 Å². The monoisotopic (exact) mass is 258 g/mol. The van der Waals surface area contributed by atoms with E-state index in [-0.39, 0.29) is 0 Å². The number of nitrogens with one attached hydrogen (secondary N) is 1. The molecule has 18 heavy (non-hydrogen) atoms. The molecule has 1 unspecified atom stereocenters. The average Bonchev–Trinajstić information content (AvgIpc) is 3.04. The van der Waals surface area contributed by atoms with E-state index in [1.54, 1.807) is 11.3 Å². The lowest BCUT2D eigenvalue weighted by Crippen LogP contribution is -2.36. The van der Waals surface area contributed by atoms with Crippen molar-refractivity contribution in [2.75, 3.05) is 7.05 Å². The van der Waals surface area contributed by atoms with Gasteiger partial charge in [0.2, 0.25) is 0 Å². The number of thiazole rings is 1. The van der Waals surface area contributed by atoms with Crippen LogP contribution in [0.5, 0.6) is 0 Å². The summed E-state index contributed by atoms with van der Waals surface area (Å²) in [5.74, 6) is 0.705. The summed E-state index contributed by atoms with van der Waals surface area (Å²) in [5, 5.41) is 6.79. The van der Waals surface area contributed by atoms with Crippen molar-refractivity contribution < 1.29 is 0 Å². The Kier molecular flexibility index (Phi) is 3.43. The smallest absolute Gasteiger partial charge is 0.0940 e. The molecule has 2 nitrogen and oxygen atoms in total. The first-order valence-electron chi connectivity index (χ1n) is 6.49. The van der Waals surface area contributed by atoms with E-state index in [0.29, 0.717) is 12.0 Å². The minimum Gasteiger partial charge on any atom is -0.316 e. The zero-order chi connectivity index (χ0) is 12.4. The minimum absolute atomic E-state index is 0.531. The van der Waals surface area contributed by atoms with Gasteiger partial charge < -0.3 is 5.32 Å². The predicted molar refractivity (Wildman–Crippen MR) is 76.0 cm³/mol. The molecule has 1 heterocycles. The van der Waals surface area contributed by atoms with Crippen LogP contribution in [0.25, 0.3) is 0 Å². The van der Waals surface area contributed by atoms with E-state index in [0.717, 1.165) is 6.42 Å². The average molecular weight is 258 g/mol. The molecule has 0 amide bonds. The van der Waals surface area contributed by atoms with Crippen LogP contribution in [0, 0.1) is 5.92 Å². The molecule has 1 N–H and O–H groups in total. The summed E-state index contributed by atoms with van der Waals surface area (Å²) in [4.78, 5) is 4.40. The Morgan fingerprint density at radius 1 is 1.33 bits per heavy atom. The van der Waals surface area contributed by atoms with Crippen LogP contribution in [0.3, 0.4) is 0 Å². The quantitative estimate of drug-likeness (QED) is 0.912. The standard InChI is InChI=1S/C15H18N2S/c1-16-14(10-15-17-6-7-18-15)13-8-11-4-2-3-5-12(11)9-13/h2-7,13-14,16H,8-10H2,1H3. The summed E-state index contributed by atoms with van der Waals surface area (Å²) in [6.07, 6.45) is 5.35. The maximum atomic E-state index is 4.40. The van der Waals surface area contributed by atoms with Crippen LogP contribution in [-0.2, 0) is 19.3 Å². The van der Waals surface area contributed by atoms with Gasteiger partial charge >= 0.3 is 0 Å². The maximum absolute atomic E-state index is 4.40. The first-order valence-corrected chi connectivity index (χ1v) is 7.37. The molecule has 1 aromatic carbocycles. The Balaban J connectivity index is 1.71. The summed E-state index contributed by atoms with van der Waals surface area (Å²) < 4.78 is 0. The lowest BCUT2D eigenvalue weighted by molar-refractivity contribution is 0.383. The summed E-state index contributed by atoms with van der Waals surface area (Å²) in [5.41, 5.74) is 3.06. The largest absolute Gasteiger partial charge is 0.316 e. The van der Waals surface area contributed by atoms with Gasteiger partial charge in [-0.05, 0) is 36.9 Å². The zero-order valence-electron chi connectivity index (χ0n) is 10.6. The number of nitrogens with zero attached hydrogens (tertiary/aromatic N) is 1. The van der Waals surface area contributed by atoms with E-state index in [9.17, 15) is 0 Å². The van der Waals surface area contributed by atoms with Crippen LogP contribution in [0.15, 0.2) is 35.8 Å².